The van der Waals surface area contributed by atoms with Crippen LogP contribution < -0.4 is 10.3 Å². The first-order valence-electron chi connectivity index (χ1n) is 13.4. The van der Waals surface area contributed by atoms with Crippen LogP contribution in [0.3, 0.4) is 0 Å². The molecule has 2 atom stereocenters. The minimum Gasteiger partial charge on any atom is -0.274 e. The number of carbonyl (C=O) groups excluding carboxylic acids is 3. The quantitative estimate of drug-likeness (QED) is 0.131. The average molecular weight is 611 g/mol. The lowest BCUT2D eigenvalue weighted by Gasteiger charge is -2.52. The molecule has 4 aromatic carbocycles. The van der Waals surface area contributed by atoms with Crippen LogP contribution in [0.5, 0.6) is 0 Å². The summed E-state index contributed by atoms with van der Waals surface area (Å²) in [6, 6.07) is 25.2. The third kappa shape index (κ3) is 3.78. The lowest BCUT2D eigenvalue weighted by Crippen LogP contribution is -2.54. The Kier molecular flexibility index (Phi) is 6.19. The van der Waals surface area contributed by atoms with E-state index in [-0.39, 0.29) is 22.0 Å². The number of nitrogens with zero attached hydrogens (tertiary/aromatic N) is 3. The first-order chi connectivity index (χ1) is 20.8. The maximum atomic E-state index is 14.4. The molecule has 3 amide bonds. The van der Waals surface area contributed by atoms with E-state index in [2.05, 4.69) is 10.5 Å². The van der Waals surface area contributed by atoms with E-state index in [1.165, 1.54) is 42.6 Å². The van der Waals surface area contributed by atoms with Gasteiger partial charge in [0.05, 0.1) is 32.8 Å². The van der Waals surface area contributed by atoms with Gasteiger partial charge >= 0.3 is 0 Å². The van der Waals surface area contributed by atoms with Gasteiger partial charge in [-0.25, -0.2) is 10.3 Å². The minimum absolute atomic E-state index is 0.0813. The highest BCUT2D eigenvalue weighted by atomic mass is 35.5. The minimum atomic E-state index is -1.27. The van der Waals surface area contributed by atoms with Crippen LogP contribution in [-0.2, 0) is 15.0 Å². The molecule has 0 spiro atoms. The van der Waals surface area contributed by atoms with Gasteiger partial charge in [0, 0.05) is 23.2 Å². The van der Waals surface area contributed by atoms with Crippen molar-refractivity contribution in [3.8, 4) is 0 Å². The molecule has 212 valence electrons. The fourth-order valence-corrected chi connectivity index (χ4v) is 7.52. The van der Waals surface area contributed by atoms with Gasteiger partial charge in [0.25, 0.3) is 11.6 Å². The second-order valence-electron chi connectivity index (χ2n) is 10.6. The first kappa shape index (κ1) is 27.0. The molecule has 0 radical (unpaired) electrons. The predicted molar refractivity (Wildman–Crippen MR) is 160 cm³/mol. The Morgan fingerprint density at radius 1 is 0.907 bits per heavy atom. The molecular weight excluding hydrogens is 591 g/mol. The highest BCUT2D eigenvalue weighted by Crippen LogP contribution is 2.63. The first-order valence-corrected chi connectivity index (χ1v) is 14.1. The molecule has 1 fully saturated rings. The second-order valence-corrected chi connectivity index (χ2v) is 11.4. The molecule has 3 aliphatic carbocycles. The van der Waals surface area contributed by atoms with E-state index in [9.17, 15) is 24.5 Å². The summed E-state index contributed by atoms with van der Waals surface area (Å²) in [5.41, 5.74) is 4.23. The van der Waals surface area contributed by atoms with Crippen molar-refractivity contribution < 1.29 is 19.3 Å². The van der Waals surface area contributed by atoms with Crippen molar-refractivity contribution in [2.75, 3.05) is 4.90 Å². The lowest BCUT2D eigenvalue weighted by molar-refractivity contribution is -0.384. The molecule has 11 heteroatoms. The van der Waals surface area contributed by atoms with Crippen molar-refractivity contribution in [3.63, 3.8) is 0 Å². The van der Waals surface area contributed by atoms with E-state index in [0.717, 1.165) is 27.2 Å². The van der Waals surface area contributed by atoms with E-state index < -0.39 is 45.8 Å². The van der Waals surface area contributed by atoms with E-state index >= 15 is 0 Å². The van der Waals surface area contributed by atoms with E-state index in [4.69, 9.17) is 23.2 Å². The van der Waals surface area contributed by atoms with E-state index in [1.807, 2.05) is 48.5 Å². The molecule has 1 N–H and O–H groups in total. The number of hydrogen-bond donors (Lipinski definition) is 1. The summed E-state index contributed by atoms with van der Waals surface area (Å²) < 4.78 is 0. The molecule has 0 saturated carbocycles. The molecule has 9 nitrogen and oxygen atoms in total. The van der Waals surface area contributed by atoms with Gasteiger partial charge in [0.2, 0.25) is 11.8 Å². The molecule has 2 bridgehead atoms. The van der Waals surface area contributed by atoms with Gasteiger partial charge < -0.3 is 0 Å². The molecule has 1 saturated heterocycles. The average Bonchev–Trinajstić information content (AvgIpc) is 3.27. The molecule has 8 rings (SSSR count). The third-order valence-electron chi connectivity index (χ3n) is 8.61. The summed E-state index contributed by atoms with van der Waals surface area (Å²) in [6.45, 7) is 0. The van der Waals surface area contributed by atoms with Crippen molar-refractivity contribution in [1.29, 1.82) is 0 Å². The smallest absolute Gasteiger partial charge is 0.274 e. The number of anilines is 1. The number of halogens is 2. The van der Waals surface area contributed by atoms with Gasteiger partial charge in [-0.1, -0.05) is 83.9 Å². The zero-order valence-corrected chi connectivity index (χ0v) is 23.6. The summed E-state index contributed by atoms with van der Waals surface area (Å²) in [5, 5.41) is 16.8. The lowest BCUT2D eigenvalue weighted by atomic mass is 9.47. The number of nitro benzene ring substituents is 1. The van der Waals surface area contributed by atoms with Gasteiger partial charge in [-0.2, -0.15) is 5.10 Å². The van der Waals surface area contributed by atoms with Gasteiger partial charge in [-0.3, -0.25) is 24.5 Å². The Labute approximate surface area is 254 Å². The summed E-state index contributed by atoms with van der Waals surface area (Å²) >= 11 is 12.2. The topological polar surface area (TPSA) is 122 Å². The van der Waals surface area contributed by atoms with E-state index in [1.54, 1.807) is 6.07 Å². The molecule has 1 heterocycles. The van der Waals surface area contributed by atoms with Crippen LogP contribution in [0.15, 0.2) is 96.1 Å². The summed E-state index contributed by atoms with van der Waals surface area (Å²) in [5.74, 6) is -3.98. The number of nitro groups is 1. The number of hydrogen-bond acceptors (Lipinski definition) is 6. The van der Waals surface area contributed by atoms with Crippen molar-refractivity contribution in [2.24, 2.45) is 16.9 Å². The fourth-order valence-electron chi connectivity index (χ4n) is 7.02. The number of nitrogens with one attached hydrogen (secondary N) is 1. The van der Waals surface area contributed by atoms with Crippen molar-refractivity contribution in [2.45, 2.75) is 11.3 Å². The van der Waals surface area contributed by atoms with Crippen LogP contribution in [0.1, 0.15) is 38.5 Å². The second kappa shape index (κ2) is 9.86. The van der Waals surface area contributed by atoms with Crippen LogP contribution >= 0.6 is 23.2 Å². The maximum Gasteiger partial charge on any atom is 0.293 e. The molecule has 4 aromatic rings. The predicted octanol–water partition coefficient (Wildman–Crippen LogP) is 5.87. The highest BCUT2D eigenvalue weighted by molar-refractivity contribution is 6.36. The Hall–Kier alpha value is -4.86. The molecular formula is C32H20Cl2N4O5. The monoisotopic (exact) mass is 610 g/mol. The number of benzene rings is 4. The van der Waals surface area contributed by atoms with Crippen LogP contribution in [0, 0.1) is 22.0 Å². The summed E-state index contributed by atoms with van der Waals surface area (Å²) in [7, 11) is 0. The number of para-hydroxylation sites is 2. The molecule has 0 unspecified atom stereocenters. The largest absolute Gasteiger partial charge is 0.293 e. The van der Waals surface area contributed by atoms with Crippen LogP contribution in [0.2, 0.25) is 10.0 Å². The van der Waals surface area contributed by atoms with Crippen LogP contribution in [-0.4, -0.2) is 28.9 Å². The Morgan fingerprint density at radius 2 is 1.53 bits per heavy atom. The van der Waals surface area contributed by atoms with Gasteiger partial charge in [0.1, 0.15) is 5.69 Å². The van der Waals surface area contributed by atoms with Crippen molar-refractivity contribution in [1.82, 2.24) is 5.43 Å². The Balaban J connectivity index is 1.41. The van der Waals surface area contributed by atoms with Crippen LogP contribution in [0.4, 0.5) is 11.4 Å². The Bertz CT molecular complexity index is 1880. The molecule has 4 aliphatic rings. The fraction of sp³-hybridized carbons (Fsp3) is 0.125. The van der Waals surface area contributed by atoms with Crippen LogP contribution in [0.25, 0.3) is 0 Å². The number of hydrazone groups is 1. The Morgan fingerprint density at radius 3 is 2.19 bits per heavy atom. The number of carbonyl (C=O) groups is 3. The van der Waals surface area contributed by atoms with E-state index in [0.29, 0.717) is 5.02 Å². The zero-order chi connectivity index (χ0) is 30.0. The van der Waals surface area contributed by atoms with Gasteiger partial charge in [0.15, 0.2) is 0 Å². The van der Waals surface area contributed by atoms with Gasteiger partial charge in [-0.15, -0.1) is 0 Å². The number of amides is 3. The highest BCUT2D eigenvalue weighted by Gasteiger charge is 2.68. The zero-order valence-electron chi connectivity index (χ0n) is 22.1. The maximum absolute atomic E-state index is 14.4. The van der Waals surface area contributed by atoms with Crippen molar-refractivity contribution >= 4 is 58.5 Å². The normalized spacial score (nSPS) is 23.2. The third-order valence-corrected chi connectivity index (χ3v) is 9.16. The summed E-state index contributed by atoms with van der Waals surface area (Å²) in [4.78, 5) is 54.0. The SMILES string of the molecule is O=C(N/N=C\C12c3ccccc3C(c3ccccc31)[C@@H]1C(=O)N(c3ccccc3[N+](=O)[O-])C(=O)[C@@H]12)c1ccc(Cl)cc1Cl. The number of imide groups is 1. The molecule has 1 aliphatic heterocycles. The summed E-state index contributed by atoms with van der Waals surface area (Å²) in [6.07, 6.45) is 1.51. The van der Waals surface area contributed by atoms with Gasteiger partial charge in [-0.05, 0) is 46.5 Å². The number of rotatable bonds is 5. The van der Waals surface area contributed by atoms with Crippen molar-refractivity contribution in [3.05, 3.63) is 139 Å². The molecule has 0 aromatic heterocycles. The standard InChI is InChI=1S/C32H20Cl2N4O5/c33-17-13-14-20(23(34)15-17)29(39)36-35-16-32-21-9-3-1-7-18(21)26(19-8-2-4-10-22(19)32)27-28(32)31(41)37(30(27)40)24-11-5-6-12-25(24)38(42)43/h1-16,26-28H,(H,36,39)/b35-16-/t26?,27-,28+,32?/m0/s1. The molecule has 43 heavy (non-hydrogen) atoms.